The lowest BCUT2D eigenvalue weighted by molar-refractivity contribution is -0.190. The van der Waals surface area contributed by atoms with Gasteiger partial charge in [-0.3, -0.25) is 4.79 Å². The first-order chi connectivity index (χ1) is 8.54. The SMILES string of the molecule is COCC1C(=O)OC1CCCCC(C)CC(C)O. The molecule has 4 nitrogen and oxygen atoms in total. The summed E-state index contributed by atoms with van der Waals surface area (Å²) in [6, 6.07) is 0. The van der Waals surface area contributed by atoms with E-state index in [4.69, 9.17) is 9.47 Å². The van der Waals surface area contributed by atoms with E-state index in [1.165, 1.54) is 0 Å². The van der Waals surface area contributed by atoms with Crippen molar-refractivity contribution < 1.29 is 19.4 Å². The highest BCUT2D eigenvalue weighted by Crippen LogP contribution is 2.27. The summed E-state index contributed by atoms with van der Waals surface area (Å²) in [5, 5.41) is 9.27. The van der Waals surface area contributed by atoms with Gasteiger partial charge in [-0.1, -0.05) is 19.8 Å². The molecule has 1 N–H and O–H groups in total. The lowest BCUT2D eigenvalue weighted by Crippen LogP contribution is -2.47. The molecule has 1 aliphatic rings. The van der Waals surface area contributed by atoms with Gasteiger partial charge >= 0.3 is 5.97 Å². The molecule has 1 aliphatic heterocycles. The molecular formula is C14H26O4. The molecule has 0 radical (unpaired) electrons. The fourth-order valence-corrected chi connectivity index (χ4v) is 2.55. The van der Waals surface area contributed by atoms with Crippen LogP contribution in [0.4, 0.5) is 0 Å². The van der Waals surface area contributed by atoms with Crippen molar-refractivity contribution in [2.24, 2.45) is 11.8 Å². The largest absolute Gasteiger partial charge is 0.461 e. The molecular weight excluding hydrogens is 232 g/mol. The highest BCUT2D eigenvalue weighted by molar-refractivity contribution is 5.78. The summed E-state index contributed by atoms with van der Waals surface area (Å²) in [7, 11) is 1.61. The number of methoxy groups -OCH3 is 1. The van der Waals surface area contributed by atoms with E-state index in [9.17, 15) is 9.90 Å². The molecule has 106 valence electrons. The molecule has 0 bridgehead atoms. The van der Waals surface area contributed by atoms with Crippen LogP contribution >= 0.6 is 0 Å². The van der Waals surface area contributed by atoms with Gasteiger partial charge in [0, 0.05) is 7.11 Å². The molecule has 1 saturated heterocycles. The van der Waals surface area contributed by atoms with Crippen LogP contribution in [0.15, 0.2) is 0 Å². The number of carbonyl (C=O) groups excluding carboxylic acids is 1. The number of aliphatic hydroxyl groups excluding tert-OH is 1. The smallest absolute Gasteiger partial charge is 0.315 e. The van der Waals surface area contributed by atoms with Gasteiger partial charge in [-0.15, -0.1) is 0 Å². The molecule has 1 rings (SSSR count). The van der Waals surface area contributed by atoms with E-state index in [2.05, 4.69) is 6.92 Å². The first-order valence-electron chi connectivity index (χ1n) is 6.92. The number of aliphatic hydroxyl groups is 1. The maximum atomic E-state index is 11.2. The van der Waals surface area contributed by atoms with Crippen molar-refractivity contribution in [2.45, 2.75) is 58.2 Å². The van der Waals surface area contributed by atoms with Gasteiger partial charge < -0.3 is 14.6 Å². The van der Waals surface area contributed by atoms with Crippen molar-refractivity contribution in [3.05, 3.63) is 0 Å². The number of rotatable bonds is 9. The topological polar surface area (TPSA) is 55.8 Å². The summed E-state index contributed by atoms with van der Waals surface area (Å²) >= 11 is 0. The maximum Gasteiger partial charge on any atom is 0.315 e. The molecule has 4 unspecified atom stereocenters. The van der Waals surface area contributed by atoms with E-state index in [0.29, 0.717) is 12.5 Å². The highest BCUT2D eigenvalue weighted by atomic mass is 16.6. The lowest BCUT2D eigenvalue weighted by Gasteiger charge is -2.34. The highest BCUT2D eigenvalue weighted by Gasteiger charge is 2.41. The Balaban J connectivity index is 2.06. The Labute approximate surface area is 110 Å². The van der Waals surface area contributed by atoms with Crippen molar-refractivity contribution in [3.63, 3.8) is 0 Å². The second-order valence-corrected chi connectivity index (χ2v) is 5.51. The van der Waals surface area contributed by atoms with Crippen LogP contribution in [0.25, 0.3) is 0 Å². The molecule has 0 spiro atoms. The Bertz CT molecular complexity index is 252. The number of unbranched alkanes of at least 4 members (excludes halogenated alkanes) is 1. The Morgan fingerprint density at radius 3 is 2.67 bits per heavy atom. The molecule has 1 fully saturated rings. The van der Waals surface area contributed by atoms with Crippen LogP contribution in [0, 0.1) is 11.8 Å². The normalized spacial score (nSPS) is 26.3. The van der Waals surface area contributed by atoms with Gasteiger partial charge in [0.05, 0.1) is 12.7 Å². The van der Waals surface area contributed by atoms with Gasteiger partial charge in [-0.25, -0.2) is 0 Å². The van der Waals surface area contributed by atoms with Crippen LogP contribution in [0.5, 0.6) is 0 Å². The molecule has 1 heterocycles. The van der Waals surface area contributed by atoms with E-state index in [0.717, 1.165) is 32.1 Å². The summed E-state index contributed by atoms with van der Waals surface area (Å²) < 4.78 is 10.1. The van der Waals surface area contributed by atoms with Gasteiger partial charge in [0.25, 0.3) is 0 Å². The molecule has 0 aliphatic carbocycles. The standard InChI is InChI=1S/C14H26O4/c1-10(8-11(2)15)6-4-5-7-13-12(9-17-3)14(16)18-13/h10-13,15H,4-9H2,1-3H3. The van der Waals surface area contributed by atoms with Gasteiger partial charge in [-0.05, 0) is 32.1 Å². The van der Waals surface area contributed by atoms with E-state index in [-0.39, 0.29) is 24.1 Å². The van der Waals surface area contributed by atoms with E-state index >= 15 is 0 Å². The summed E-state index contributed by atoms with van der Waals surface area (Å²) in [6.45, 7) is 4.48. The van der Waals surface area contributed by atoms with Crippen molar-refractivity contribution in [1.29, 1.82) is 0 Å². The molecule has 0 aromatic carbocycles. The zero-order valence-electron chi connectivity index (χ0n) is 11.7. The van der Waals surface area contributed by atoms with Crippen molar-refractivity contribution in [2.75, 3.05) is 13.7 Å². The fourth-order valence-electron chi connectivity index (χ4n) is 2.55. The molecule has 18 heavy (non-hydrogen) atoms. The van der Waals surface area contributed by atoms with E-state index in [1.807, 2.05) is 6.92 Å². The Morgan fingerprint density at radius 1 is 1.39 bits per heavy atom. The summed E-state index contributed by atoms with van der Waals surface area (Å²) in [5.41, 5.74) is 0. The van der Waals surface area contributed by atoms with E-state index < -0.39 is 0 Å². The van der Waals surface area contributed by atoms with Crippen LogP contribution in [-0.4, -0.2) is 37.0 Å². The summed E-state index contributed by atoms with van der Waals surface area (Å²) in [6.07, 6.45) is 4.97. The first-order valence-corrected chi connectivity index (χ1v) is 6.92. The van der Waals surface area contributed by atoms with Gasteiger partial charge in [0.15, 0.2) is 0 Å². The van der Waals surface area contributed by atoms with Crippen LogP contribution in [0.3, 0.4) is 0 Å². The molecule has 0 amide bonds. The zero-order valence-corrected chi connectivity index (χ0v) is 11.7. The van der Waals surface area contributed by atoms with Crippen molar-refractivity contribution in [1.82, 2.24) is 0 Å². The minimum atomic E-state index is -0.210. The maximum absolute atomic E-state index is 11.2. The average molecular weight is 258 g/mol. The third-order valence-corrected chi connectivity index (χ3v) is 3.54. The third kappa shape index (κ3) is 4.94. The number of esters is 1. The van der Waals surface area contributed by atoms with Crippen LogP contribution in [0.2, 0.25) is 0 Å². The quantitative estimate of drug-likeness (QED) is 0.508. The zero-order chi connectivity index (χ0) is 13.5. The van der Waals surface area contributed by atoms with E-state index in [1.54, 1.807) is 7.11 Å². The number of cyclic esters (lactones) is 1. The first kappa shape index (κ1) is 15.4. The Hall–Kier alpha value is -0.610. The lowest BCUT2D eigenvalue weighted by atomic mass is 9.91. The van der Waals surface area contributed by atoms with Gasteiger partial charge in [0.1, 0.15) is 12.0 Å². The van der Waals surface area contributed by atoms with Crippen LogP contribution in [-0.2, 0) is 14.3 Å². The van der Waals surface area contributed by atoms with Crippen molar-refractivity contribution >= 4 is 5.97 Å². The molecule has 4 atom stereocenters. The molecule has 0 aromatic rings. The van der Waals surface area contributed by atoms with Crippen LogP contribution < -0.4 is 0 Å². The minimum Gasteiger partial charge on any atom is -0.461 e. The predicted molar refractivity (Wildman–Crippen MR) is 69.2 cm³/mol. The number of ether oxygens (including phenoxy) is 2. The number of hydrogen-bond donors (Lipinski definition) is 1. The Morgan fingerprint density at radius 2 is 2.11 bits per heavy atom. The second kappa shape index (κ2) is 7.74. The van der Waals surface area contributed by atoms with Gasteiger partial charge in [0.2, 0.25) is 0 Å². The number of hydrogen-bond acceptors (Lipinski definition) is 4. The number of carbonyl (C=O) groups is 1. The fraction of sp³-hybridized carbons (Fsp3) is 0.929. The monoisotopic (exact) mass is 258 g/mol. The summed E-state index contributed by atoms with van der Waals surface area (Å²) in [4.78, 5) is 11.2. The van der Waals surface area contributed by atoms with Crippen molar-refractivity contribution in [3.8, 4) is 0 Å². The average Bonchev–Trinajstić information content (AvgIpc) is 2.29. The Kier molecular flexibility index (Phi) is 6.65. The molecule has 0 aromatic heterocycles. The molecule has 0 saturated carbocycles. The summed E-state index contributed by atoms with van der Waals surface area (Å²) in [5.74, 6) is 0.387. The second-order valence-electron chi connectivity index (χ2n) is 5.51. The molecule has 4 heteroatoms. The van der Waals surface area contributed by atoms with Gasteiger partial charge in [-0.2, -0.15) is 0 Å². The predicted octanol–water partition coefficient (Wildman–Crippen LogP) is 2.14. The van der Waals surface area contributed by atoms with Crippen LogP contribution in [0.1, 0.15) is 46.0 Å². The minimum absolute atomic E-state index is 0.0510. The third-order valence-electron chi connectivity index (χ3n) is 3.54.